The first-order chi connectivity index (χ1) is 15.4. The average Bonchev–Trinajstić information content (AvgIpc) is 2.81. The standard InChI is InChI=1S/C30H28O2/c1-29(2,3)28(31)32-30(27-20-11-6-12-21-27,24-22-26-17-9-5-10-18-26)23-14-13-19-25-15-7-4-8-16-25/h4-12,15-18,20-21H,14,23H2,1-3H3. The van der Waals surface area contributed by atoms with Gasteiger partial charge in [0.25, 0.3) is 0 Å². The molecule has 0 aliphatic rings. The van der Waals surface area contributed by atoms with Gasteiger partial charge in [-0.15, -0.1) is 0 Å². The Balaban J connectivity index is 2.00. The molecular weight excluding hydrogens is 392 g/mol. The third-order valence-electron chi connectivity index (χ3n) is 4.91. The first-order valence-corrected chi connectivity index (χ1v) is 10.8. The SMILES string of the molecule is CC(C)(C)C(=O)OC(C#Cc1ccccc1)(CCC#Cc1ccccc1)c1ccccc1. The van der Waals surface area contributed by atoms with E-state index in [9.17, 15) is 4.79 Å². The van der Waals surface area contributed by atoms with Crippen molar-refractivity contribution in [2.45, 2.75) is 39.2 Å². The van der Waals surface area contributed by atoms with E-state index in [1.165, 1.54) is 0 Å². The van der Waals surface area contributed by atoms with Gasteiger partial charge in [-0.05, 0) is 51.0 Å². The maximum absolute atomic E-state index is 13.0. The summed E-state index contributed by atoms with van der Waals surface area (Å²) in [5, 5.41) is 0. The van der Waals surface area contributed by atoms with Gasteiger partial charge in [0.1, 0.15) is 0 Å². The van der Waals surface area contributed by atoms with Crippen molar-refractivity contribution in [3.05, 3.63) is 108 Å². The van der Waals surface area contributed by atoms with Crippen LogP contribution in [0.25, 0.3) is 0 Å². The first kappa shape index (κ1) is 22.9. The third-order valence-corrected chi connectivity index (χ3v) is 4.91. The van der Waals surface area contributed by atoms with E-state index in [1.807, 2.05) is 112 Å². The molecule has 0 aromatic heterocycles. The molecule has 3 aromatic rings. The highest BCUT2D eigenvalue weighted by Gasteiger charge is 2.37. The van der Waals surface area contributed by atoms with Gasteiger partial charge in [-0.3, -0.25) is 4.79 Å². The number of carbonyl (C=O) groups excluding carboxylic acids is 1. The van der Waals surface area contributed by atoms with Crippen molar-refractivity contribution in [3.63, 3.8) is 0 Å². The molecule has 0 aliphatic heterocycles. The molecule has 0 aliphatic carbocycles. The lowest BCUT2D eigenvalue weighted by Crippen LogP contribution is -2.36. The fraction of sp³-hybridized carbons (Fsp3) is 0.233. The van der Waals surface area contributed by atoms with Gasteiger partial charge in [0.2, 0.25) is 0 Å². The number of benzene rings is 3. The maximum atomic E-state index is 13.0. The zero-order valence-electron chi connectivity index (χ0n) is 18.9. The molecule has 0 fully saturated rings. The normalized spacial score (nSPS) is 12.3. The third kappa shape index (κ3) is 6.37. The molecule has 0 bridgehead atoms. The van der Waals surface area contributed by atoms with Crippen LogP contribution in [0.15, 0.2) is 91.0 Å². The van der Waals surface area contributed by atoms with Crippen LogP contribution in [-0.2, 0) is 15.1 Å². The van der Waals surface area contributed by atoms with E-state index in [0.717, 1.165) is 16.7 Å². The lowest BCUT2D eigenvalue weighted by atomic mass is 9.87. The van der Waals surface area contributed by atoms with Crippen molar-refractivity contribution < 1.29 is 9.53 Å². The molecule has 1 unspecified atom stereocenters. The maximum Gasteiger partial charge on any atom is 0.313 e. The van der Waals surface area contributed by atoms with Gasteiger partial charge < -0.3 is 4.74 Å². The Kier molecular flexibility index (Phi) is 7.54. The zero-order chi connectivity index (χ0) is 22.9. The fourth-order valence-electron chi connectivity index (χ4n) is 3.05. The summed E-state index contributed by atoms with van der Waals surface area (Å²) < 4.78 is 6.18. The molecule has 2 heteroatoms. The van der Waals surface area contributed by atoms with Gasteiger partial charge in [0.05, 0.1) is 5.41 Å². The number of esters is 1. The number of ether oxygens (including phenoxy) is 1. The summed E-state index contributed by atoms with van der Waals surface area (Å²) in [4.78, 5) is 13.0. The van der Waals surface area contributed by atoms with E-state index in [4.69, 9.17) is 4.74 Å². The van der Waals surface area contributed by atoms with Gasteiger partial charge in [-0.25, -0.2) is 0 Å². The van der Waals surface area contributed by atoms with Crippen LogP contribution in [0.4, 0.5) is 0 Å². The summed E-state index contributed by atoms with van der Waals surface area (Å²) in [6.45, 7) is 5.56. The molecule has 3 aromatic carbocycles. The van der Waals surface area contributed by atoms with E-state index >= 15 is 0 Å². The summed E-state index contributed by atoms with van der Waals surface area (Å²) in [6, 6.07) is 29.3. The minimum atomic E-state index is -1.09. The van der Waals surface area contributed by atoms with Crippen LogP contribution in [0.3, 0.4) is 0 Å². The van der Waals surface area contributed by atoms with Crippen LogP contribution in [0.2, 0.25) is 0 Å². The summed E-state index contributed by atoms with van der Waals surface area (Å²) in [7, 11) is 0. The molecule has 2 nitrogen and oxygen atoms in total. The minimum absolute atomic E-state index is 0.292. The molecule has 0 saturated heterocycles. The second-order valence-electron chi connectivity index (χ2n) is 8.62. The quantitative estimate of drug-likeness (QED) is 0.363. The van der Waals surface area contributed by atoms with Crippen molar-refractivity contribution in [1.82, 2.24) is 0 Å². The molecule has 0 N–H and O–H groups in total. The van der Waals surface area contributed by atoms with Gasteiger partial charge >= 0.3 is 5.97 Å². The summed E-state index contributed by atoms with van der Waals surface area (Å²) in [6.07, 6.45) is 1.00. The van der Waals surface area contributed by atoms with Gasteiger partial charge in [0.15, 0.2) is 5.60 Å². The molecule has 0 radical (unpaired) electrons. The molecule has 0 heterocycles. The highest BCUT2D eigenvalue weighted by Crippen LogP contribution is 2.33. The van der Waals surface area contributed by atoms with Crippen molar-refractivity contribution in [1.29, 1.82) is 0 Å². The zero-order valence-corrected chi connectivity index (χ0v) is 18.9. The van der Waals surface area contributed by atoms with E-state index in [2.05, 4.69) is 23.7 Å². The van der Waals surface area contributed by atoms with Crippen molar-refractivity contribution in [3.8, 4) is 23.7 Å². The Bertz CT molecular complexity index is 1140. The first-order valence-electron chi connectivity index (χ1n) is 10.8. The molecule has 1 atom stereocenters. The molecule has 0 saturated carbocycles. The van der Waals surface area contributed by atoms with Crippen molar-refractivity contribution >= 4 is 5.97 Å². The molecule has 3 rings (SSSR count). The van der Waals surface area contributed by atoms with Crippen LogP contribution in [0.5, 0.6) is 0 Å². The number of carbonyl (C=O) groups is 1. The largest absolute Gasteiger partial charge is 0.441 e. The summed E-state index contributed by atoms with van der Waals surface area (Å²) in [5.74, 6) is 12.7. The monoisotopic (exact) mass is 420 g/mol. The van der Waals surface area contributed by atoms with Crippen LogP contribution < -0.4 is 0 Å². The average molecular weight is 421 g/mol. The Hall–Kier alpha value is -3.75. The van der Waals surface area contributed by atoms with Gasteiger partial charge in [0, 0.05) is 29.5 Å². The number of rotatable bonds is 4. The number of hydrogen-bond donors (Lipinski definition) is 0. The Morgan fingerprint density at radius 1 is 0.750 bits per heavy atom. The minimum Gasteiger partial charge on any atom is -0.441 e. The molecule has 32 heavy (non-hydrogen) atoms. The fourth-order valence-corrected chi connectivity index (χ4v) is 3.05. The molecule has 0 spiro atoms. The lowest BCUT2D eigenvalue weighted by molar-refractivity contribution is -0.165. The topological polar surface area (TPSA) is 26.3 Å². The predicted octanol–water partition coefficient (Wildman–Crippen LogP) is 6.35. The van der Waals surface area contributed by atoms with Crippen LogP contribution in [0, 0.1) is 29.1 Å². The summed E-state index contributed by atoms with van der Waals surface area (Å²) >= 11 is 0. The van der Waals surface area contributed by atoms with Crippen LogP contribution in [0.1, 0.15) is 50.3 Å². The van der Waals surface area contributed by atoms with Gasteiger partial charge in [-0.1, -0.05) is 84.5 Å². The van der Waals surface area contributed by atoms with Crippen LogP contribution >= 0.6 is 0 Å². The second kappa shape index (κ2) is 10.5. The lowest BCUT2D eigenvalue weighted by Gasteiger charge is -2.31. The van der Waals surface area contributed by atoms with Crippen LogP contribution in [-0.4, -0.2) is 5.97 Å². The van der Waals surface area contributed by atoms with Gasteiger partial charge in [-0.2, -0.15) is 0 Å². The van der Waals surface area contributed by atoms with E-state index in [-0.39, 0.29) is 5.97 Å². The van der Waals surface area contributed by atoms with Crippen molar-refractivity contribution in [2.24, 2.45) is 5.41 Å². The van der Waals surface area contributed by atoms with E-state index in [1.54, 1.807) is 0 Å². The Morgan fingerprint density at radius 3 is 1.78 bits per heavy atom. The Labute approximate surface area is 191 Å². The molecule has 0 amide bonds. The Morgan fingerprint density at radius 2 is 1.25 bits per heavy atom. The highest BCUT2D eigenvalue weighted by atomic mass is 16.6. The van der Waals surface area contributed by atoms with E-state index < -0.39 is 11.0 Å². The summed E-state index contributed by atoms with van der Waals surface area (Å²) in [5.41, 5.74) is 0.939. The smallest absolute Gasteiger partial charge is 0.313 e. The second-order valence-corrected chi connectivity index (χ2v) is 8.62. The number of hydrogen-bond acceptors (Lipinski definition) is 2. The predicted molar refractivity (Wildman–Crippen MR) is 130 cm³/mol. The van der Waals surface area contributed by atoms with E-state index in [0.29, 0.717) is 12.8 Å². The molecule has 160 valence electrons. The molecular formula is C30H28O2. The highest BCUT2D eigenvalue weighted by molar-refractivity contribution is 5.76. The van der Waals surface area contributed by atoms with Crippen molar-refractivity contribution in [2.75, 3.05) is 0 Å².